The fourth-order valence-electron chi connectivity index (χ4n) is 1.24. The van der Waals surface area contributed by atoms with E-state index in [2.05, 4.69) is 21.2 Å². The fourth-order valence-corrected chi connectivity index (χ4v) is 1.61. The molecule has 4 nitrogen and oxygen atoms in total. The normalized spacial score (nSPS) is 9.88. The first kappa shape index (κ1) is 13.6. The quantitative estimate of drug-likeness (QED) is 0.918. The van der Waals surface area contributed by atoms with Crippen molar-refractivity contribution in [1.82, 2.24) is 10.2 Å². The van der Waals surface area contributed by atoms with Gasteiger partial charge in [0.15, 0.2) is 0 Å². The zero-order valence-corrected chi connectivity index (χ0v) is 11.0. The van der Waals surface area contributed by atoms with Gasteiger partial charge in [-0.25, -0.2) is 4.39 Å². The van der Waals surface area contributed by atoms with Crippen molar-refractivity contribution in [3.63, 3.8) is 0 Å². The molecule has 0 bridgehead atoms. The molecule has 6 heteroatoms. The molecule has 1 N–H and O–H groups in total. The van der Waals surface area contributed by atoms with Crippen LogP contribution >= 0.6 is 15.9 Å². The molecule has 17 heavy (non-hydrogen) atoms. The van der Waals surface area contributed by atoms with Crippen LogP contribution in [0.4, 0.5) is 4.39 Å². The number of halogens is 2. The Morgan fingerprint density at radius 3 is 2.71 bits per heavy atom. The lowest BCUT2D eigenvalue weighted by Gasteiger charge is -2.16. The van der Waals surface area contributed by atoms with E-state index >= 15 is 0 Å². The minimum absolute atomic E-state index is 0.0641. The number of carbonyl (C=O) groups excluding carboxylic acids is 2. The Morgan fingerprint density at radius 2 is 2.12 bits per heavy atom. The maximum absolute atomic E-state index is 13.6. The topological polar surface area (TPSA) is 49.4 Å². The fraction of sp³-hybridized carbons (Fsp3) is 0.273. The molecule has 0 aliphatic rings. The molecule has 2 amide bonds. The third-order valence-corrected chi connectivity index (χ3v) is 2.80. The molecule has 0 atom stereocenters. The molecule has 0 spiro atoms. The highest BCUT2D eigenvalue weighted by Crippen LogP contribution is 2.19. The minimum Gasteiger partial charge on any atom is -0.358 e. The third-order valence-electron chi connectivity index (χ3n) is 2.19. The van der Waals surface area contributed by atoms with E-state index in [1.54, 1.807) is 6.07 Å². The minimum atomic E-state index is -0.624. The van der Waals surface area contributed by atoms with Crippen molar-refractivity contribution < 1.29 is 14.0 Å². The predicted molar refractivity (Wildman–Crippen MR) is 65.1 cm³/mol. The number of amides is 2. The number of benzene rings is 1. The van der Waals surface area contributed by atoms with E-state index < -0.39 is 11.7 Å². The molecule has 0 aliphatic carbocycles. The summed E-state index contributed by atoms with van der Waals surface area (Å²) in [5.74, 6) is -1.47. The summed E-state index contributed by atoms with van der Waals surface area (Å²) >= 11 is 3.00. The second-order valence-electron chi connectivity index (χ2n) is 3.44. The van der Waals surface area contributed by atoms with Crippen LogP contribution in [-0.2, 0) is 4.79 Å². The first-order valence-corrected chi connectivity index (χ1v) is 5.66. The molecule has 0 radical (unpaired) electrons. The Morgan fingerprint density at radius 1 is 1.47 bits per heavy atom. The summed E-state index contributed by atoms with van der Waals surface area (Å²) in [6.45, 7) is -0.110. The van der Waals surface area contributed by atoms with E-state index in [4.69, 9.17) is 0 Å². The third kappa shape index (κ3) is 3.26. The molecule has 0 saturated carbocycles. The van der Waals surface area contributed by atoms with Crippen molar-refractivity contribution in [3.05, 3.63) is 34.1 Å². The second-order valence-corrected chi connectivity index (χ2v) is 4.29. The maximum Gasteiger partial charge on any atom is 0.257 e. The molecule has 92 valence electrons. The van der Waals surface area contributed by atoms with Crippen LogP contribution in [-0.4, -0.2) is 37.4 Å². The summed E-state index contributed by atoms with van der Waals surface area (Å²) in [7, 11) is 2.91. The lowest BCUT2D eigenvalue weighted by molar-refractivity contribution is -0.121. The van der Waals surface area contributed by atoms with E-state index in [1.165, 1.54) is 26.2 Å². The summed E-state index contributed by atoms with van der Waals surface area (Å²) in [4.78, 5) is 24.1. The van der Waals surface area contributed by atoms with Gasteiger partial charge in [-0.3, -0.25) is 9.59 Å². The number of rotatable bonds is 3. The zero-order chi connectivity index (χ0) is 13.0. The first-order chi connectivity index (χ1) is 7.97. The van der Waals surface area contributed by atoms with Crippen LogP contribution in [0.15, 0.2) is 22.7 Å². The molecule has 0 heterocycles. The van der Waals surface area contributed by atoms with Crippen molar-refractivity contribution in [3.8, 4) is 0 Å². The largest absolute Gasteiger partial charge is 0.358 e. The van der Waals surface area contributed by atoms with Crippen LogP contribution in [0.3, 0.4) is 0 Å². The van der Waals surface area contributed by atoms with Crippen molar-refractivity contribution in [1.29, 1.82) is 0 Å². The highest BCUT2D eigenvalue weighted by Gasteiger charge is 2.19. The molecule has 0 aromatic heterocycles. The van der Waals surface area contributed by atoms with Crippen molar-refractivity contribution in [2.24, 2.45) is 0 Å². The lowest BCUT2D eigenvalue weighted by Crippen LogP contribution is -2.37. The van der Waals surface area contributed by atoms with Crippen molar-refractivity contribution in [2.75, 3.05) is 20.6 Å². The van der Waals surface area contributed by atoms with Crippen molar-refractivity contribution in [2.45, 2.75) is 0 Å². The Labute approximate surface area is 107 Å². The standard InChI is InChI=1S/C11H12BrFN2O2/c1-14-9(16)6-15(2)11(17)7-4-3-5-8(12)10(7)13/h3-5H,6H2,1-2H3,(H,14,16). The summed E-state index contributed by atoms with van der Waals surface area (Å²) in [6, 6.07) is 4.45. The van der Waals surface area contributed by atoms with Gasteiger partial charge in [0.2, 0.25) is 5.91 Å². The summed E-state index contributed by atoms with van der Waals surface area (Å²) < 4.78 is 13.9. The van der Waals surface area contributed by atoms with E-state index in [9.17, 15) is 14.0 Å². The predicted octanol–water partition coefficient (Wildman–Crippen LogP) is 1.41. The summed E-state index contributed by atoms with van der Waals surface area (Å²) in [6.07, 6.45) is 0. The van der Waals surface area contributed by atoms with Gasteiger partial charge in [-0.1, -0.05) is 6.07 Å². The lowest BCUT2D eigenvalue weighted by atomic mass is 10.2. The van der Waals surface area contributed by atoms with Gasteiger partial charge in [-0.15, -0.1) is 0 Å². The highest BCUT2D eigenvalue weighted by molar-refractivity contribution is 9.10. The number of likely N-dealkylation sites (N-methyl/N-ethyl adjacent to an activating group) is 2. The molecular formula is C11H12BrFN2O2. The molecule has 0 fully saturated rings. The molecule has 0 unspecified atom stereocenters. The van der Waals surface area contributed by atoms with Gasteiger partial charge < -0.3 is 10.2 Å². The average Bonchev–Trinajstić information content (AvgIpc) is 2.31. The number of hydrogen-bond donors (Lipinski definition) is 1. The van der Waals surface area contributed by atoms with E-state index in [1.807, 2.05) is 0 Å². The molecular weight excluding hydrogens is 291 g/mol. The van der Waals surface area contributed by atoms with Gasteiger partial charge in [-0.2, -0.15) is 0 Å². The Balaban J connectivity index is 2.89. The molecule has 1 aromatic carbocycles. The van der Waals surface area contributed by atoms with Crippen LogP contribution in [0.5, 0.6) is 0 Å². The van der Waals surface area contributed by atoms with Crippen LogP contribution in [0, 0.1) is 5.82 Å². The van der Waals surface area contributed by atoms with Gasteiger partial charge in [0.1, 0.15) is 5.82 Å². The van der Waals surface area contributed by atoms with Gasteiger partial charge in [0.25, 0.3) is 5.91 Å². The maximum atomic E-state index is 13.6. The number of carbonyl (C=O) groups is 2. The smallest absolute Gasteiger partial charge is 0.257 e. The van der Waals surface area contributed by atoms with Crippen molar-refractivity contribution >= 4 is 27.7 Å². The zero-order valence-electron chi connectivity index (χ0n) is 9.46. The summed E-state index contributed by atoms with van der Waals surface area (Å²) in [5, 5.41) is 2.39. The van der Waals surface area contributed by atoms with Gasteiger partial charge in [-0.05, 0) is 28.1 Å². The van der Waals surface area contributed by atoms with Crippen LogP contribution in [0.1, 0.15) is 10.4 Å². The number of nitrogens with one attached hydrogen (secondary N) is 1. The Bertz CT molecular complexity index is 451. The van der Waals surface area contributed by atoms with Crippen LogP contribution in [0.25, 0.3) is 0 Å². The summed E-state index contributed by atoms with van der Waals surface area (Å²) in [5.41, 5.74) is -0.0641. The monoisotopic (exact) mass is 302 g/mol. The SMILES string of the molecule is CNC(=O)CN(C)C(=O)c1cccc(Br)c1F. The number of hydrogen-bond acceptors (Lipinski definition) is 2. The van der Waals surface area contributed by atoms with Gasteiger partial charge >= 0.3 is 0 Å². The highest BCUT2D eigenvalue weighted by atomic mass is 79.9. The molecule has 1 rings (SSSR count). The van der Waals surface area contributed by atoms with Gasteiger partial charge in [0, 0.05) is 14.1 Å². The molecule has 0 aliphatic heterocycles. The van der Waals surface area contributed by atoms with Crippen LogP contribution in [0.2, 0.25) is 0 Å². The Hall–Kier alpha value is -1.43. The molecule has 1 aromatic rings. The average molecular weight is 303 g/mol. The second kappa shape index (κ2) is 5.77. The Kier molecular flexibility index (Phi) is 4.62. The van der Waals surface area contributed by atoms with E-state index in [-0.39, 0.29) is 22.5 Å². The van der Waals surface area contributed by atoms with Gasteiger partial charge in [0.05, 0.1) is 16.6 Å². The number of nitrogens with zero attached hydrogens (tertiary/aromatic N) is 1. The first-order valence-electron chi connectivity index (χ1n) is 4.87. The van der Waals surface area contributed by atoms with E-state index in [0.29, 0.717) is 0 Å². The molecule has 0 saturated heterocycles. The van der Waals surface area contributed by atoms with Crippen LogP contribution < -0.4 is 5.32 Å². The van der Waals surface area contributed by atoms with E-state index in [0.717, 1.165) is 4.90 Å².